The maximum atomic E-state index is 11.0. The molecule has 0 aliphatic heterocycles. The Morgan fingerprint density at radius 3 is 2.65 bits per heavy atom. The number of hydrogen-bond donors (Lipinski definition) is 1. The highest BCUT2D eigenvalue weighted by Crippen LogP contribution is 2.32. The summed E-state index contributed by atoms with van der Waals surface area (Å²) in [5.74, 6) is -1.05. The standard InChI is InChI=1S/C11H7NO4S/c13-11(14)9-4-2-1-3-8(9)7-5-10(12(15)16)17-6-7/h1-6H,(H,13,14). The van der Waals surface area contributed by atoms with Crippen molar-refractivity contribution in [3.8, 4) is 11.1 Å². The first-order chi connectivity index (χ1) is 8.09. The summed E-state index contributed by atoms with van der Waals surface area (Å²) in [5.41, 5.74) is 1.18. The first-order valence-electron chi connectivity index (χ1n) is 4.65. The van der Waals surface area contributed by atoms with Crippen LogP contribution in [0.4, 0.5) is 5.00 Å². The largest absolute Gasteiger partial charge is 0.478 e. The van der Waals surface area contributed by atoms with E-state index < -0.39 is 10.9 Å². The van der Waals surface area contributed by atoms with Gasteiger partial charge in [0.25, 0.3) is 0 Å². The molecular weight excluding hydrogens is 242 g/mol. The van der Waals surface area contributed by atoms with E-state index in [9.17, 15) is 14.9 Å². The van der Waals surface area contributed by atoms with Crippen LogP contribution in [0, 0.1) is 10.1 Å². The number of nitrogens with zero attached hydrogens (tertiary/aromatic N) is 1. The number of hydrogen-bond acceptors (Lipinski definition) is 4. The van der Waals surface area contributed by atoms with Crippen molar-refractivity contribution in [2.45, 2.75) is 0 Å². The molecule has 1 aromatic heterocycles. The quantitative estimate of drug-likeness (QED) is 0.669. The lowest BCUT2D eigenvalue weighted by molar-refractivity contribution is -0.380. The minimum atomic E-state index is -1.05. The molecule has 0 aliphatic carbocycles. The van der Waals surface area contributed by atoms with E-state index in [0.717, 1.165) is 11.3 Å². The van der Waals surface area contributed by atoms with Crippen molar-refractivity contribution in [1.82, 2.24) is 0 Å². The molecule has 1 heterocycles. The second kappa shape index (κ2) is 4.34. The lowest BCUT2D eigenvalue weighted by Crippen LogP contribution is -1.98. The monoisotopic (exact) mass is 249 g/mol. The van der Waals surface area contributed by atoms with E-state index in [2.05, 4.69) is 0 Å². The highest BCUT2D eigenvalue weighted by atomic mass is 32.1. The van der Waals surface area contributed by atoms with E-state index in [1.165, 1.54) is 12.1 Å². The predicted octanol–water partition coefficient (Wildman–Crippen LogP) is 3.02. The summed E-state index contributed by atoms with van der Waals surface area (Å²) >= 11 is 0.981. The summed E-state index contributed by atoms with van der Waals surface area (Å²) in [6, 6.07) is 7.81. The van der Waals surface area contributed by atoms with Gasteiger partial charge in [-0.15, -0.1) is 0 Å². The molecule has 17 heavy (non-hydrogen) atoms. The lowest BCUT2D eigenvalue weighted by atomic mass is 10.0. The van der Waals surface area contributed by atoms with Crippen LogP contribution in [-0.2, 0) is 0 Å². The summed E-state index contributed by atoms with van der Waals surface area (Å²) in [6.07, 6.45) is 0. The van der Waals surface area contributed by atoms with Gasteiger partial charge in [0.05, 0.1) is 10.5 Å². The number of aromatic carboxylic acids is 1. The maximum absolute atomic E-state index is 11.0. The molecule has 0 saturated carbocycles. The fraction of sp³-hybridized carbons (Fsp3) is 0. The van der Waals surface area contributed by atoms with Crippen LogP contribution in [0.25, 0.3) is 11.1 Å². The molecule has 0 aliphatic rings. The van der Waals surface area contributed by atoms with Crippen LogP contribution < -0.4 is 0 Å². The Labute approximate surface area is 100 Å². The van der Waals surface area contributed by atoms with Gasteiger partial charge in [0.2, 0.25) is 0 Å². The van der Waals surface area contributed by atoms with Crippen LogP contribution >= 0.6 is 11.3 Å². The van der Waals surface area contributed by atoms with Crippen molar-refractivity contribution in [3.63, 3.8) is 0 Å². The van der Waals surface area contributed by atoms with Crippen LogP contribution in [0.15, 0.2) is 35.7 Å². The summed E-state index contributed by atoms with van der Waals surface area (Å²) < 4.78 is 0. The number of benzene rings is 1. The third-order valence-electron chi connectivity index (χ3n) is 2.23. The van der Waals surface area contributed by atoms with Crippen molar-refractivity contribution in [3.05, 3.63) is 51.4 Å². The zero-order valence-corrected chi connectivity index (χ0v) is 9.31. The van der Waals surface area contributed by atoms with Crippen molar-refractivity contribution in [2.24, 2.45) is 0 Å². The maximum Gasteiger partial charge on any atom is 0.336 e. The Balaban J connectivity index is 2.52. The Hall–Kier alpha value is -2.21. The first-order valence-corrected chi connectivity index (χ1v) is 5.53. The number of carboxylic acids is 1. The smallest absolute Gasteiger partial charge is 0.336 e. The molecule has 0 saturated heterocycles. The Morgan fingerprint density at radius 2 is 2.06 bits per heavy atom. The fourth-order valence-corrected chi connectivity index (χ4v) is 2.21. The van der Waals surface area contributed by atoms with Crippen molar-refractivity contribution >= 4 is 22.3 Å². The van der Waals surface area contributed by atoms with Gasteiger partial charge in [0.1, 0.15) is 0 Å². The van der Waals surface area contributed by atoms with Crippen molar-refractivity contribution < 1.29 is 14.8 Å². The number of carboxylic acid groups (broad SMARTS) is 1. The summed E-state index contributed by atoms with van der Waals surface area (Å²) in [5, 5.41) is 21.2. The molecule has 0 amide bonds. The van der Waals surface area contributed by atoms with E-state index in [1.54, 1.807) is 23.6 Å². The Bertz CT molecular complexity index is 591. The van der Waals surface area contributed by atoms with Crippen LogP contribution in [0.2, 0.25) is 0 Å². The van der Waals surface area contributed by atoms with Crippen LogP contribution in [0.3, 0.4) is 0 Å². The fourth-order valence-electron chi connectivity index (χ4n) is 1.48. The SMILES string of the molecule is O=C(O)c1ccccc1-c1csc([N+](=O)[O-])c1. The van der Waals surface area contributed by atoms with Gasteiger partial charge in [0, 0.05) is 17.0 Å². The van der Waals surface area contributed by atoms with Crippen molar-refractivity contribution in [2.75, 3.05) is 0 Å². The predicted molar refractivity (Wildman–Crippen MR) is 63.4 cm³/mol. The minimum Gasteiger partial charge on any atom is -0.478 e. The van der Waals surface area contributed by atoms with E-state index in [-0.39, 0.29) is 10.6 Å². The second-order valence-electron chi connectivity index (χ2n) is 3.28. The molecule has 5 nitrogen and oxygen atoms in total. The molecule has 1 aromatic carbocycles. The highest BCUT2D eigenvalue weighted by Gasteiger charge is 2.15. The molecule has 0 atom stereocenters. The van der Waals surface area contributed by atoms with E-state index in [1.807, 2.05) is 0 Å². The number of carbonyl (C=O) groups is 1. The zero-order valence-electron chi connectivity index (χ0n) is 8.49. The Morgan fingerprint density at radius 1 is 1.35 bits per heavy atom. The van der Waals surface area contributed by atoms with Gasteiger partial charge in [-0.25, -0.2) is 4.79 Å². The van der Waals surface area contributed by atoms with Gasteiger partial charge >= 0.3 is 11.0 Å². The van der Waals surface area contributed by atoms with E-state index in [4.69, 9.17) is 5.11 Å². The molecule has 2 rings (SSSR count). The van der Waals surface area contributed by atoms with Gasteiger partial charge in [-0.2, -0.15) is 0 Å². The van der Waals surface area contributed by atoms with Crippen LogP contribution in [-0.4, -0.2) is 16.0 Å². The lowest BCUT2D eigenvalue weighted by Gasteiger charge is -2.02. The molecule has 0 fully saturated rings. The van der Waals surface area contributed by atoms with Gasteiger partial charge < -0.3 is 5.11 Å². The van der Waals surface area contributed by atoms with Gasteiger partial charge in [-0.05, 0) is 11.6 Å². The topological polar surface area (TPSA) is 80.4 Å². The molecule has 6 heteroatoms. The normalized spacial score (nSPS) is 10.1. The van der Waals surface area contributed by atoms with Crippen LogP contribution in [0.1, 0.15) is 10.4 Å². The highest BCUT2D eigenvalue weighted by molar-refractivity contribution is 7.13. The van der Waals surface area contributed by atoms with Crippen LogP contribution in [0.5, 0.6) is 0 Å². The Kier molecular flexibility index (Phi) is 2.88. The summed E-state index contributed by atoms with van der Waals surface area (Å²) in [6.45, 7) is 0. The summed E-state index contributed by atoms with van der Waals surface area (Å²) in [7, 11) is 0. The number of nitro groups is 1. The summed E-state index contributed by atoms with van der Waals surface area (Å²) in [4.78, 5) is 21.1. The molecule has 1 N–H and O–H groups in total. The first kappa shape index (κ1) is 11.3. The molecule has 0 radical (unpaired) electrons. The zero-order chi connectivity index (χ0) is 12.4. The van der Waals surface area contributed by atoms with E-state index in [0.29, 0.717) is 11.1 Å². The second-order valence-corrected chi connectivity index (χ2v) is 4.17. The molecule has 0 spiro atoms. The van der Waals surface area contributed by atoms with Crippen molar-refractivity contribution in [1.29, 1.82) is 0 Å². The average Bonchev–Trinajstić information content (AvgIpc) is 2.78. The van der Waals surface area contributed by atoms with E-state index >= 15 is 0 Å². The average molecular weight is 249 g/mol. The molecule has 2 aromatic rings. The molecular formula is C11H7NO4S. The molecule has 0 unspecified atom stereocenters. The van der Waals surface area contributed by atoms with Gasteiger partial charge in [0.15, 0.2) is 0 Å². The molecule has 86 valence electrons. The number of thiophene rings is 1. The van der Waals surface area contributed by atoms with Gasteiger partial charge in [-0.1, -0.05) is 29.5 Å². The third kappa shape index (κ3) is 2.16. The van der Waals surface area contributed by atoms with Gasteiger partial charge in [-0.3, -0.25) is 10.1 Å². The number of rotatable bonds is 3. The third-order valence-corrected chi connectivity index (χ3v) is 3.11. The minimum absolute atomic E-state index is 0.000178. The molecule has 0 bridgehead atoms.